The molecule has 48 heavy (non-hydrogen) atoms. The number of nitrogens with one attached hydrogen (secondary N) is 3. The number of nitrogens with zero attached hydrogens (tertiary/aromatic N) is 1. The van der Waals surface area contributed by atoms with Gasteiger partial charge >= 0.3 is 0 Å². The third kappa shape index (κ3) is 13.3. The molecule has 0 bridgehead atoms. The van der Waals surface area contributed by atoms with Crippen molar-refractivity contribution in [2.45, 2.75) is 77.0 Å². The van der Waals surface area contributed by atoms with Gasteiger partial charge in [-0.05, 0) is 73.7 Å². The van der Waals surface area contributed by atoms with Gasteiger partial charge in [-0.25, -0.2) is 12.8 Å². The lowest BCUT2D eigenvalue weighted by Gasteiger charge is -2.31. The molecule has 0 aromatic heterocycles. The average molecular weight is 686 g/mol. The van der Waals surface area contributed by atoms with Crippen LogP contribution in [0.2, 0.25) is 0 Å². The van der Waals surface area contributed by atoms with Crippen molar-refractivity contribution in [3.05, 3.63) is 95.8 Å². The largest absolute Gasteiger partial charge is 0.399 e. The number of benzene rings is 3. The molecule has 0 aliphatic rings. The number of carbonyl (C=O) groups is 2. The standard InChI is InChI=1S/C33H44FN5O5S.C3H8/c1-23(2)21-39(45(43,44)28-15-13-27(35)14-16-28)22-30(40)29(17-24-9-6-5-7-10-24)38-32(42)19-36-31(41)20-37-33(3,4)25-11-8-12-26(34)18-25;1-3-2/h5-16,18,23,29-30,37,40H,17,19-22,35H2,1-4H3,(H,36,41)(H,38,42);3H2,1-2H3/t29-,30+;/m0./s1. The van der Waals surface area contributed by atoms with Gasteiger partial charge in [0.25, 0.3) is 0 Å². The summed E-state index contributed by atoms with van der Waals surface area (Å²) in [6.45, 7) is 11.0. The molecule has 2 amide bonds. The Morgan fingerprint density at radius 2 is 1.54 bits per heavy atom. The number of halogens is 1. The number of aliphatic hydroxyl groups is 1. The fourth-order valence-electron chi connectivity index (χ4n) is 4.73. The van der Waals surface area contributed by atoms with Crippen LogP contribution >= 0.6 is 0 Å². The van der Waals surface area contributed by atoms with E-state index >= 15 is 0 Å². The molecule has 0 unspecified atom stereocenters. The normalized spacial score (nSPS) is 13.0. The second kappa shape index (κ2) is 19.2. The first-order valence-corrected chi connectivity index (χ1v) is 17.7. The molecule has 0 spiro atoms. The lowest BCUT2D eigenvalue weighted by atomic mass is 9.94. The van der Waals surface area contributed by atoms with Crippen LogP contribution in [0, 0.1) is 11.7 Å². The molecule has 0 heterocycles. The van der Waals surface area contributed by atoms with E-state index in [4.69, 9.17) is 5.73 Å². The SMILES string of the molecule is CC(C)CN(C[C@@H](O)[C@H](Cc1ccccc1)NC(=O)CNC(=O)CNC(C)(C)c1cccc(F)c1)S(=O)(=O)c1ccc(N)cc1.CCC. The van der Waals surface area contributed by atoms with E-state index in [2.05, 4.69) is 29.8 Å². The molecular formula is C36H52FN5O5S. The second-order valence-corrected chi connectivity index (χ2v) is 14.6. The predicted octanol–water partition coefficient (Wildman–Crippen LogP) is 4.20. The van der Waals surface area contributed by atoms with Crippen LogP contribution in [0.25, 0.3) is 0 Å². The number of carbonyl (C=O) groups excluding carboxylic acids is 2. The number of amides is 2. The molecule has 3 rings (SSSR count). The lowest BCUT2D eigenvalue weighted by molar-refractivity contribution is -0.126. The van der Waals surface area contributed by atoms with E-state index in [0.29, 0.717) is 11.3 Å². The maximum Gasteiger partial charge on any atom is 0.243 e. The molecule has 264 valence electrons. The summed E-state index contributed by atoms with van der Waals surface area (Å²) in [4.78, 5) is 25.6. The number of aliphatic hydroxyl groups excluding tert-OH is 1. The zero-order valence-electron chi connectivity index (χ0n) is 28.9. The van der Waals surface area contributed by atoms with E-state index in [-0.39, 0.29) is 49.2 Å². The molecule has 12 heteroatoms. The number of anilines is 1. The van der Waals surface area contributed by atoms with Gasteiger partial charge in [0.1, 0.15) is 5.82 Å². The molecule has 0 fully saturated rings. The number of nitrogen functional groups attached to an aromatic ring is 1. The van der Waals surface area contributed by atoms with Crippen LogP contribution < -0.4 is 21.7 Å². The van der Waals surface area contributed by atoms with Gasteiger partial charge in [0.2, 0.25) is 21.8 Å². The maximum absolute atomic E-state index is 13.7. The highest BCUT2D eigenvalue weighted by Gasteiger charge is 2.31. The fourth-order valence-corrected chi connectivity index (χ4v) is 6.36. The molecule has 0 aliphatic carbocycles. The van der Waals surface area contributed by atoms with Crippen LogP contribution in [0.4, 0.5) is 10.1 Å². The zero-order chi connectivity index (χ0) is 35.9. The first-order chi connectivity index (χ1) is 22.6. The molecule has 0 radical (unpaired) electrons. The number of rotatable bonds is 16. The molecule has 3 aromatic rings. The molecule has 2 atom stereocenters. The highest BCUT2D eigenvalue weighted by atomic mass is 32.2. The summed E-state index contributed by atoms with van der Waals surface area (Å²) in [6, 6.07) is 20.2. The van der Waals surface area contributed by atoms with Crippen LogP contribution in [-0.2, 0) is 31.6 Å². The highest BCUT2D eigenvalue weighted by Crippen LogP contribution is 2.21. The minimum absolute atomic E-state index is 0.0439. The number of hydrogen-bond acceptors (Lipinski definition) is 7. The van der Waals surface area contributed by atoms with E-state index in [1.54, 1.807) is 12.1 Å². The Balaban J connectivity index is 0.00000257. The molecule has 0 saturated heterocycles. The van der Waals surface area contributed by atoms with Crippen LogP contribution in [0.3, 0.4) is 0 Å². The first kappa shape index (κ1) is 40.3. The smallest absolute Gasteiger partial charge is 0.243 e. The summed E-state index contributed by atoms with van der Waals surface area (Å²) in [5, 5.41) is 19.8. The summed E-state index contributed by atoms with van der Waals surface area (Å²) < 4.78 is 42.0. The molecule has 10 nitrogen and oxygen atoms in total. The van der Waals surface area contributed by atoms with Crippen molar-refractivity contribution in [1.29, 1.82) is 0 Å². The summed E-state index contributed by atoms with van der Waals surface area (Å²) in [7, 11) is -3.98. The molecule has 0 aliphatic heterocycles. The minimum Gasteiger partial charge on any atom is -0.399 e. The van der Waals surface area contributed by atoms with Gasteiger partial charge in [0.05, 0.1) is 30.1 Å². The molecule has 0 saturated carbocycles. The number of hydrogen-bond donors (Lipinski definition) is 5. The number of nitrogens with two attached hydrogens (primary N) is 1. The summed E-state index contributed by atoms with van der Waals surface area (Å²) in [5.41, 5.74) is 6.95. The Bertz CT molecular complexity index is 1540. The third-order valence-corrected chi connectivity index (χ3v) is 9.12. The van der Waals surface area contributed by atoms with Crippen molar-refractivity contribution in [2.24, 2.45) is 5.92 Å². The van der Waals surface area contributed by atoms with Crippen LogP contribution in [0.5, 0.6) is 0 Å². The number of sulfonamides is 1. The van der Waals surface area contributed by atoms with E-state index < -0.39 is 39.5 Å². The van der Waals surface area contributed by atoms with Gasteiger partial charge in [-0.2, -0.15) is 4.31 Å². The second-order valence-electron chi connectivity index (χ2n) is 12.7. The van der Waals surface area contributed by atoms with Crippen LogP contribution in [0.1, 0.15) is 59.1 Å². The van der Waals surface area contributed by atoms with Gasteiger partial charge in [0, 0.05) is 24.3 Å². The molecular weight excluding hydrogens is 633 g/mol. The fraction of sp³-hybridized carbons (Fsp3) is 0.444. The Morgan fingerprint density at radius 3 is 2.12 bits per heavy atom. The lowest BCUT2D eigenvalue weighted by Crippen LogP contribution is -2.53. The van der Waals surface area contributed by atoms with E-state index in [1.165, 1.54) is 47.1 Å². The monoisotopic (exact) mass is 685 g/mol. The Hall–Kier alpha value is -3.84. The third-order valence-electron chi connectivity index (χ3n) is 7.27. The maximum atomic E-state index is 13.7. The minimum atomic E-state index is -3.98. The van der Waals surface area contributed by atoms with Gasteiger partial charge in [-0.3, -0.25) is 14.9 Å². The van der Waals surface area contributed by atoms with Gasteiger partial charge in [0.15, 0.2) is 0 Å². The van der Waals surface area contributed by atoms with Crippen molar-refractivity contribution in [1.82, 2.24) is 20.3 Å². The van der Waals surface area contributed by atoms with Crippen molar-refractivity contribution in [3.8, 4) is 0 Å². The quantitative estimate of drug-likeness (QED) is 0.142. The summed E-state index contributed by atoms with van der Waals surface area (Å²) >= 11 is 0. The van der Waals surface area contributed by atoms with Crippen LogP contribution in [-0.4, -0.2) is 68.0 Å². The predicted molar refractivity (Wildman–Crippen MR) is 189 cm³/mol. The van der Waals surface area contributed by atoms with Crippen molar-refractivity contribution in [2.75, 3.05) is 31.9 Å². The van der Waals surface area contributed by atoms with Crippen molar-refractivity contribution in [3.63, 3.8) is 0 Å². The van der Waals surface area contributed by atoms with Crippen molar-refractivity contribution >= 4 is 27.5 Å². The van der Waals surface area contributed by atoms with Crippen LogP contribution in [0.15, 0.2) is 83.8 Å². The van der Waals surface area contributed by atoms with Gasteiger partial charge < -0.3 is 21.5 Å². The average Bonchev–Trinajstić information content (AvgIpc) is 3.03. The van der Waals surface area contributed by atoms with Gasteiger partial charge in [-0.1, -0.05) is 76.6 Å². The van der Waals surface area contributed by atoms with Crippen molar-refractivity contribution < 1.29 is 27.5 Å². The highest BCUT2D eigenvalue weighted by molar-refractivity contribution is 7.89. The molecule has 6 N–H and O–H groups in total. The Morgan fingerprint density at radius 1 is 0.917 bits per heavy atom. The van der Waals surface area contributed by atoms with Gasteiger partial charge in [-0.15, -0.1) is 0 Å². The van der Waals surface area contributed by atoms with E-state index in [0.717, 1.165) is 5.56 Å². The van der Waals surface area contributed by atoms with E-state index in [1.807, 2.05) is 58.0 Å². The Labute approximate surface area is 285 Å². The topological polar surface area (TPSA) is 154 Å². The summed E-state index contributed by atoms with van der Waals surface area (Å²) in [6.07, 6.45) is 0.198. The summed E-state index contributed by atoms with van der Waals surface area (Å²) in [5.74, 6) is -1.43. The first-order valence-electron chi connectivity index (χ1n) is 16.2. The van der Waals surface area contributed by atoms with E-state index in [9.17, 15) is 27.5 Å². The zero-order valence-corrected chi connectivity index (χ0v) is 29.7. The Kier molecular flexibility index (Phi) is 16.2. The molecule has 3 aromatic carbocycles.